The van der Waals surface area contributed by atoms with Gasteiger partial charge in [-0.05, 0) is 36.8 Å². The minimum atomic E-state index is -0.596. The average Bonchev–Trinajstić information content (AvgIpc) is 3.37. The van der Waals surface area contributed by atoms with Gasteiger partial charge in [0.05, 0.1) is 28.8 Å². The summed E-state index contributed by atoms with van der Waals surface area (Å²) >= 11 is 0. The van der Waals surface area contributed by atoms with Crippen molar-refractivity contribution in [2.45, 2.75) is 19.4 Å². The fraction of sp³-hybridized carbons (Fsp3) is 0.185. The molecule has 0 N–H and O–H groups in total. The second-order valence-corrected chi connectivity index (χ2v) is 8.44. The molecule has 7 heteroatoms. The van der Waals surface area contributed by atoms with Gasteiger partial charge in [0.1, 0.15) is 5.75 Å². The molecule has 3 amide bonds. The molecule has 0 radical (unpaired) electrons. The van der Waals surface area contributed by atoms with Crippen LogP contribution in [-0.2, 0) is 9.59 Å². The molecule has 2 atom stereocenters. The number of anilines is 1. The zero-order valence-electron chi connectivity index (χ0n) is 18.5. The molecule has 170 valence electrons. The zero-order chi connectivity index (χ0) is 23.8. The average molecular weight is 454 g/mol. The summed E-state index contributed by atoms with van der Waals surface area (Å²) in [5.41, 5.74) is 2.00. The van der Waals surface area contributed by atoms with Crippen molar-refractivity contribution in [3.63, 3.8) is 0 Å². The molecule has 0 unspecified atom stereocenters. The molecule has 0 spiro atoms. The van der Waals surface area contributed by atoms with Crippen molar-refractivity contribution >= 4 is 29.4 Å². The Bertz CT molecular complexity index is 1270. The minimum absolute atomic E-state index is 0.0775. The van der Waals surface area contributed by atoms with Crippen LogP contribution in [0.3, 0.4) is 0 Å². The first-order valence-corrected chi connectivity index (χ1v) is 11.1. The molecular weight excluding hydrogens is 432 g/mol. The van der Waals surface area contributed by atoms with Crippen LogP contribution >= 0.6 is 0 Å². The van der Waals surface area contributed by atoms with Crippen molar-refractivity contribution in [3.05, 3.63) is 95.6 Å². The fourth-order valence-electron chi connectivity index (χ4n) is 4.48. The number of carbonyl (C=O) groups excluding carboxylic acids is 4. The molecule has 2 aliphatic heterocycles. The number of esters is 1. The third-order valence-corrected chi connectivity index (χ3v) is 6.33. The monoisotopic (exact) mass is 454 g/mol. The van der Waals surface area contributed by atoms with Crippen LogP contribution in [0.15, 0.2) is 78.9 Å². The molecule has 0 aliphatic carbocycles. The molecule has 5 rings (SSSR count). The van der Waals surface area contributed by atoms with Gasteiger partial charge in [0, 0.05) is 19.0 Å². The minimum Gasteiger partial charge on any atom is -0.426 e. The number of ether oxygens (including phenoxy) is 1. The standard InChI is InChI=1S/C27H22N2O5/c1-17(18-8-3-2-4-9-18)28-16-19(14-24(28)30)27(33)34-21-11-7-10-20(15-21)29-25(31)22-12-5-6-13-23(22)26(29)32/h2-13,15,17,19H,14,16H2,1H3/t17-,19-/m0/s1. The lowest BCUT2D eigenvalue weighted by Gasteiger charge is -2.25. The van der Waals surface area contributed by atoms with E-state index in [0.29, 0.717) is 16.8 Å². The first-order valence-electron chi connectivity index (χ1n) is 11.1. The van der Waals surface area contributed by atoms with Crippen molar-refractivity contribution < 1.29 is 23.9 Å². The number of nitrogens with zero attached hydrogens (tertiary/aromatic N) is 2. The van der Waals surface area contributed by atoms with E-state index in [-0.39, 0.29) is 30.7 Å². The Kier molecular flexibility index (Phi) is 5.45. The van der Waals surface area contributed by atoms with Crippen molar-refractivity contribution in [2.24, 2.45) is 5.92 Å². The number of likely N-dealkylation sites (tertiary alicyclic amines) is 1. The number of amides is 3. The highest BCUT2D eigenvalue weighted by Crippen LogP contribution is 2.32. The molecule has 0 aromatic heterocycles. The number of carbonyl (C=O) groups is 4. The summed E-state index contributed by atoms with van der Waals surface area (Å²) in [5, 5.41) is 0. The molecule has 2 heterocycles. The van der Waals surface area contributed by atoms with Gasteiger partial charge in [-0.1, -0.05) is 48.5 Å². The van der Waals surface area contributed by atoms with Crippen LogP contribution < -0.4 is 9.64 Å². The second kappa shape index (κ2) is 8.59. The molecule has 1 fully saturated rings. The molecule has 3 aromatic carbocycles. The van der Waals surface area contributed by atoms with E-state index in [0.717, 1.165) is 10.5 Å². The van der Waals surface area contributed by atoms with E-state index in [9.17, 15) is 19.2 Å². The number of imide groups is 1. The van der Waals surface area contributed by atoms with E-state index in [1.807, 2.05) is 37.3 Å². The van der Waals surface area contributed by atoms with Gasteiger partial charge >= 0.3 is 5.97 Å². The van der Waals surface area contributed by atoms with Crippen molar-refractivity contribution in [1.29, 1.82) is 0 Å². The predicted octanol–water partition coefficient (Wildman–Crippen LogP) is 4.00. The van der Waals surface area contributed by atoms with Crippen LogP contribution in [0, 0.1) is 5.92 Å². The highest BCUT2D eigenvalue weighted by Gasteiger charge is 2.39. The maximum atomic E-state index is 12.9. The molecule has 0 saturated carbocycles. The Hall–Kier alpha value is -4.26. The fourth-order valence-corrected chi connectivity index (χ4v) is 4.48. The number of fused-ring (bicyclic) bond motifs is 1. The number of hydrogen-bond acceptors (Lipinski definition) is 5. The lowest BCUT2D eigenvalue weighted by molar-refractivity contribution is -0.139. The van der Waals surface area contributed by atoms with Crippen LogP contribution in [0.25, 0.3) is 0 Å². The molecular formula is C27H22N2O5. The third-order valence-electron chi connectivity index (χ3n) is 6.33. The lowest BCUT2D eigenvalue weighted by atomic mass is 10.1. The summed E-state index contributed by atoms with van der Waals surface area (Å²) in [4.78, 5) is 53.7. The van der Waals surface area contributed by atoms with Crippen molar-refractivity contribution in [3.8, 4) is 5.75 Å². The van der Waals surface area contributed by atoms with Gasteiger partial charge in [-0.2, -0.15) is 0 Å². The number of benzene rings is 3. The summed E-state index contributed by atoms with van der Waals surface area (Å²) in [6.45, 7) is 2.21. The summed E-state index contributed by atoms with van der Waals surface area (Å²) < 4.78 is 5.56. The molecule has 1 saturated heterocycles. The quantitative estimate of drug-likeness (QED) is 0.331. The second-order valence-electron chi connectivity index (χ2n) is 8.44. The number of rotatable bonds is 5. The smallest absolute Gasteiger partial charge is 0.316 e. The van der Waals surface area contributed by atoms with Gasteiger partial charge < -0.3 is 9.64 Å². The Morgan fingerprint density at radius 3 is 2.21 bits per heavy atom. The normalized spacial score (nSPS) is 18.3. The van der Waals surface area contributed by atoms with Crippen LogP contribution in [0.4, 0.5) is 5.69 Å². The molecule has 7 nitrogen and oxygen atoms in total. The molecule has 0 bridgehead atoms. The number of hydrogen-bond donors (Lipinski definition) is 0. The summed E-state index contributed by atoms with van der Waals surface area (Å²) in [6, 6.07) is 22.4. The van der Waals surface area contributed by atoms with Gasteiger partial charge in [-0.3, -0.25) is 19.2 Å². The highest BCUT2D eigenvalue weighted by molar-refractivity contribution is 6.34. The molecule has 34 heavy (non-hydrogen) atoms. The zero-order valence-corrected chi connectivity index (χ0v) is 18.5. The van der Waals surface area contributed by atoms with E-state index in [2.05, 4.69) is 0 Å². The van der Waals surface area contributed by atoms with Crippen LogP contribution in [0.2, 0.25) is 0 Å². The Morgan fingerprint density at radius 1 is 0.882 bits per heavy atom. The summed E-state index contributed by atoms with van der Waals surface area (Å²) in [6.07, 6.45) is 0.0775. The van der Waals surface area contributed by atoms with Crippen LogP contribution in [0.5, 0.6) is 5.75 Å². The van der Waals surface area contributed by atoms with Crippen LogP contribution in [-0.4, -0.2) is 35.1 Å². The first kappa shape index (κ1) is 21.6. The molecule has 3 aromatic rings. The lowest BCUT2D eigenvalue weighted by Crippen LogP contribution is -2.30. The maximum absolute atomic E-state index is 12.9. The Balaban J connectivity index is 1.29. The summed E-state index contributed by atoms with van der Waals surface area (Å²) in [5.74, 6) is -1.84. The summed E-state index contributed by atoms with van der Waals surface area (Å²) in [7, 11) is 0. The Morgan fingerprint density at radius 2 is 1.53 bits per heavy atom. The van der Waals surface area contributed by atoms with Gasteiger partial charge in [-0.25, -0.2) is 4.90 Å². The molecule has 2 aliphatic rings. The first-order chi connectivity index (χ1) is 16.4. The Labute approximate surface area is 196 Å². The maximum Gasteiger partial charge on any atom is 0.316 e. The van der Waals surface area contributed by atoms with E-state index in [1.165, 1.54) is 6.07 Å². The third kappa shape index (κ3) is 3.75. The van der Waals surface area contributed by atoms with E-state index in [4.69, 9.17) is 4.74 Å². The largest absolute Gasteiger partial charge is 0.426 e. The predicted molar refractivity (Wildman–Crippen MR) is 124 cm³/mol. The van der Waals surface area contributed by atoms with Crippen LogP contribution in [0.1, 0.15) is 45.7 Å². The van der Waals surface area contributed by atoms with Gasteiger partial charge in [0.2, 0.25) is 5.91 Å². The van der Waals surface area contributed by atoms with E-state index < -0.39 is 23.7 Å². The van der Waals surface area contributed by atoms with Gasteiger partial charge in [-0.15, -0.1) is 0 Å². The SMILES string of the molecule is C[C@@H](c1ccccc1)N1C[C@@H](C(=O)Oc2cccc(N3C(=O)c4ccccc4C3=O)c2)CC1=O. The van der Waals surface area contributed by atoms with Crippen molar-refractivity contribution in [1.82, 2.24) is 4.90 Å². The van der Waals surface area contributed by atoms with Gasteiger partial charge in [0.15, 0.2) is 0 Å². The topological polar surface area (TPSA) is 84.0 Å². The van der Waals surface area contributed by atoms with E-state index in [1.54, 1.807) is 47.4 Å². The van der Waals surface area contributed by atoms with Gasteiger partial charge in [0.25, 0.3) is 11.8 Å². The van der Waals surface area contributed by atoms with Crippen molar-refractivity contribution in [2.75, 3.05) is 11.4 Å². The van der Waals surface area contributed by atoms with E-state index >= 15 is 0 Å². The highest BCUT2D eigenvalue weighted by atomic mass is 16.5.